The molecule has 0 radical (unpaired) electrons. The molecule has 0 aliphatic carbocycles. The van der Waals surface area contributed by atoms with Crippen LogP contribution in [0.1, 0.15) is 0 Å². The van der Waals surface area contributed by atoms with E-state index in [0.29, 0.717) is 0 Å². The highest BCUT2D eigenvalue weighted by atomic mass is 31.2. The summed E-state index contributed by atoms with van der Waals surface area (Å²) in [5, 5.41) is 5.30. The maximum Gasteiger partial charge on any atom is 0.466 e. The summed E-state index contributed by atoms with van der Waals surface area (Å²) in [6.07, 6.45) is 0. The van der Waals surface area contributed by atoms with Crippen molar-refractivity contribution >= 4 is 29.4 Å². The Kier molecular flexibility index (Phi) is 3.98. The molecule has 0 amide bonds. The van der Waals surface area contributed by atoms with Crippen molar-refractivity contribution in [1.82, 2.24) is 0 Å². The van der Waals surface area contributed by atoms with Crippen LogP contribution in [-0.4, -0.2) is 14.7 Å². The fourth-order valence-electron chi connectivity index (χ4n) is 1.95. The summed E-state index contributed by atoms with van der Waals surface area (Å²) in [7, 11) is -4.64. The third-order valence-electron chi connectivity index (χ3n) is 2.65. The van der Waals surface area contributed by atoms with Gasteiger partial charge in [0, 0.05) is 0 Å². The van der Waals surface area contributed by atoms with Gasteiger partial charge in [-0.3, -0.25) is 0 Å². The molecule has 0 heterocycles. The molecule has 0 aliphatic heterocycles. The predicted octanol–water partition coefficient (Wildman–Crippen LogP) is 3.06. The highest BCUT2D eigenvalue weighted by molar-refractivity contribution is 7.45. The van der Waals surface area contributed by atoms with Gasteiger partial charge >= 0.3 is 7.82 Å². The molecule has 3 N–H and O–H groups in total. The minimum atomic E-state index is -4.64. The maximum absolute atomic E-state index is 8.88. The van der Waals surface area contributed by atoms with Crippen molar-refractivity contribution in [2.75, 3.05) is 0 Å². The summed E-state index contributed by atoms with van der Waals surface area (Å²) in [5.41, 5.74) is 0. The van der Waals surface area contributed by atoms with Crippen molar-refractivity contribution in [2.45, 2.75) is 0 Å². The Morgan fingerprint density at radius 3 is 1.32 bits per heavy atom. The number of benzene rings is 3. The van der Waals surface area contributed by atoms with Crippen molar-refractivity contribution in [3.63, 3.8) is 0 Å². The molecular weight excluding hydrogens is 263 g/mol. The SMILES string of the molecule is O=P(O)(O)O.c1ccc2c(c1)ccc1ccccc12. The Hall–Kier alpha value is -1.71. The summed E-state index contributed by atoms with van der Waals surface area (Å²) in [6, 6.07) is 21.4. The second kappa shape index (κ2) is 5.51. The van der Waals surface area contributed by atoms with Crippen LogP contribution in [0.5, 0.6) is 0 Å². The van der Waals surface area contributed by atoms with Crippen LogP contribution < -0.4 is 0 Å². The number of hydrogen-bond donors (Lipinski definition) is 3. The standard InChI is InChI=1S/C14H10.H3O4P/c1-3-7-13-11(5-1)9-10-12-6-2-4-8-14(12)13;1-5(2,3)4/h1-10H;(H3,1,2,3,4). The summed E-state index contributed by atoms with van der Waals surface area (Å²) in [5.74, 6) is 0. The van der Waals surface area contributed by atoms with Gasteiger partial charge in [-0.05, 0) is 21.5 Å². The van der Waals surface area contributed by atoms with Crippen molar-refractivity contribution in [3.8, 4) is 0 Å². The molecule has 3 aromatic rings. The zero-order valence-electron chi connectivity index (χ0n) is 9.97. The monoisotopic (exact) mass is 276 g/mol. The van der Waals surface area contributed by atoms with E-state index in [0.717, 1.165) is 0 Å². The van der Waals surface area contributed by atoms with Gasteiger partial charge < -0.3 is 14.7 Å². The lowest BCUT2D eigenvalue weighted by Crippen LogP contribution is -1.75. The van der Waals surface area contributed by atoms with Crippen LogP contribution in [-0.2, 0) is 4.57 Å². The van der Waals surface area contributed by atoms with E-state index in [-0.39, 0.29) is 0 Å². The first-order chi connectivity index (χ1) is 8.95. The lowest BCUT2D eigenvalue weighted by atomic mass is 10.0. The molecule has 0 saturated carbocycles. The van der Waals surface area contributed by atoms with Crippen LogP contribution in [0, 0.1) is 0 Å². The molecule has 98 valence electrons. The molecule has 5 heteroatoms. The second-order valence-corrected chi connectivity index (χ2v) is 5.05. The van der Waals surface area contributed by atoms with Crippen LogP contribution in [0.4, 0.5) is 0 Å². The first-order valence-corrected chi connectivity index (χ1v) is 7.16. The molecule has 0 spiro atoms. The van der Waals surface area contributed by atoms with Gasteiger partial charge in [0.15, 0.2) is 0 Å². The Morgan fingerprint density at radius 2 is 0.947 bits per heavy atom. The van der Waals surface area contributed by atoms with Gasteiger partial charge in [-0.1, -0.05) is 60.7 Å². The van der Waals surface area contributed by atoms with Gasteiger partial charge in [-0.25, -0.2) is 4.57 Å². The van der Waals surface area contributed by atoms with E-state index in [1.807, 2.05) is 0 Å². The second-order valence-electron chi connectivity index (χ2n) is 4.02. The minimum absolute atomic E-state index is 1.31. The molecule has 0 aromatic heterocycles. The number of hydrogen-bond acceptors (Lipinski definition) is 1. The van der Waals surface area contributed by atoms with Gasteiger partial charge in [-0.2, -0.15) is 0 Å². The topological polar surface area (TPSA) is 77.8 Å². The van der Waals surface area contributed by atoms with E-state index in [4.69, 9.17) is 19.2 Å². The molecule has 0 bridgehead atoms. The quantitative estimate of drug-likeness (QED) is 0.435. The summed E-state index contributed by atoms with van der Waals surface area (Å²) in [6.45, 7) is 0. The van der Waals surface area contributed by atoms with Gasteiger partial charge in [-0.15, -0.1) is 0 Å². The van der Waals surface area contributed by atoms with E-state index >= 15 is 0 Å². The average molecular weight is 276 g/mol. The van der Waals surface area contributed by atoms with Crippen molar-refractivity contribution in [1.29, 1.82) is 0 Å². The molecule has 3 rings (SSSR count). The largest absolute Gasteiger partial charge is 0.466 e. The highest BCUT2D eigenvalue weighted by Gasteiger charge is 2.00. The number of fused-ring (bicyclic) bond motifs is 3. The molecule has 19 heavy (non-hydrogen) atoms. The van der Waals surface area contributed by atoms with Gasteiger partial charge in [0.2, 0.25) is 0 Å². The first-order valence-electron chi connectivity index (χ1n) is 5.60. The Morgan fingerprint density at radius 1 is 0.632 bits per heavy atom. The molecule has 0 aliphatic rings. The van der Waals surface area contributed by atoms with Crippen LogP contribution in [0.2, 0.25) is 0 Å². The van der Waals surface area contributed by atoms with E-state index in [1.165, 1.54) is 21.5 Å². The third kappa shape index (κ3) is 3.88. The average Bonchev–Trinajstić information content (AvgIpc) is 2.37. The van der Waals surface area contributed by atoms with Gasteiger partial charge in [0.05, 0.1) is 0 Å². The van der Waals surface area contributed by atoms with Gasteiger partial charge in [0.1, 0.15) is 0 Å². The zero-order valence-corrected chi connectivity index (χ0v) is 10.9. The van der Waals surface area contributed by atoms with Crippen LogP contribution in [0.25, 0.3) is 21.5 Å². The molecule has 0 unspecified atom stereocenters. The Labute approximate surface area is 110 Å². The first kappa shape index (κ1) is 13.7. The third-order valence-corrected chi connectivity index (χ3v) is 2.65. The Bertz CT molecular complexity index is 685. The molecule has 3 aromatic carbocycles. The number of rotatable bonds is 0. The molecular formula is C14H13O4P. The fraction of sp³-hybridized carbons (Fsp3) is 0. The van der Waals surface area contributed by atoms with E-state index in [2.05, 4.69) is 60.7 Å². The van der Waals surface area contributed by atoms with E-state index in [9.17, 15) is 0 Å². The van der Waals surface area contributed by atoms with E-state index < -0.39 is 7.82 Å². The van der Waals surface area contributed by atoms with Crippen LogP contribution in [0.3, 0.4) is 0 Å². The summed E-state index contributed by atoms with van der Waals surface area (Å²) >= 11 is 0. The van der Waals surface area contributed by atoms with Crippen molar-refractivity contribution < 1.29 is 19.2 Å². The minimum Gasteiger partial charge on any atom is -0.303 e. The van der Waals surface area contributed by atoms with Crippen molar-refractivity contribution in [2.24, 2.45) is 0 Å². The molecule has 0 atom stereocenters. The fourth-order valence-corrected chi connectivity index (χ4v) is 1.95. The normalized spacial score (nSPS) is 11.1. The maximum atomic E-state index is 8.88. The zero-order chi connectivity index (χ0) is 13.9. The number of phosphoric acid groups is 1. The lowest BCUT2D eigenvalue weighted by molar-refractivity contribution is 0.275. The summed E-state index contributed by atoms with van der Waals surface area (Å²) < 4.78 is 8.88. The van der Waals surface area contributed by atoms with Crippen LogP contribution >= 0.6 is 7.82 Å². The van der Waals surface area contributed by atoms with Gasteiger partial charge in [0.25, 0.3) is 0 Å². The highest BCUT2D eigenvalue weighted by Crippen LogP contribution is 2.26. The summed E-state index contributed by atoms with van der Waals surface area (Å²) in [4.78, 5) is 21.6. The lowest BCUT2D eigenvalue weighted by Gasteiger charge is -2.02. The molecule has 0 saturated heterocycles. The Balaban J connectivity index is 0.000000232. The smallest absolute Gasteiger partial charge is 0.303 e. The van der Waals surface area contributed by atoms with Crippen LogP contribution in [0.15, 0.2) is 60.7 Å². The predicted molar refractivity (Wildman–Crippen MR) is 75.7 cm³/mol. The molecule has 4 nitrogen and oxygen atoms in total. The molecule has 0 fully saturated rings. The van der Waals surface area contributed by atoms with Crippen molar-refractivity contribution in [3.05, 3.63) is 60.7 Å². The van der Waals surface area contributed by atoms with E-state index in [1.54, 1.807) is 0 Å².